The van der Waals surface area contributed by atoms with Crippen molar-refractivity contribution in [1.82, 2.24) is 15.6 Å². The van der Waals surface area contributed by atoms with Gasteiger partial charge in [0.25, 0.3) is 0 Å². The fourth-order valence-corrected chi connectivity index (χ4v) is 2.98. The highest BCUT2D eigenvalue weighted by molar-refractivity contribution is 7.11. The number of aliphatic hydroxyl groups excluding tert-OH is 1. The molecule has 0 saturated carbocycles. The Morgan fingerprint density at radius 3 is 2.57 bits per heavy atom. The van der Waals surface area contributed by atoms with Crippen LogP contribution in [0.3, 0.4) is 0 Å². The van der Waals surface area contributed by atoms with E-state index in [9.17, 15) is 9.90 Å². The van der Waals surface area contributed by atoms with E-state index in [-0.39, 0.29) is 12.6 Å². The van der Waals surface area contributed by atoms with Gasteiger partial charge in [-0.3, -0.25) is 0 Å². The molecule has 0 bridgehead atoms. The minimum Gasteiger partial charge on any atom is -0.394 e. The predicted octanol–water partition coefficient (Wildman–Crippen LogP) is 2.80. The summed E-state index contributed by atoms with van der Waals surface area (Å²) in [6, 6.07) is 7.18. The van der Waals surface area contributed by atoms with Gasteiger partial charge in [-0.05, 0) is 24.0 Å². The van der Waals surface area contributed by atoms with E-state index in [1.165, 1.54) is 10.4 Å². The highest BCUT2D eigenvalue weighted by atomic mass is 32.1. The van der Waals surface area contributed by atoms with Gasteiger partial charge in [-0.1, -0.05) is 38.1 Å². The van der Waals surface area contributed by atoms with Crippen molar-refractivity contribution in [3.8, 4) is 0 Å². The van der Waals surface area contributed by atoms with Crippen LogP contribution in [0.4, 0.5) is 4.79 Å². The Morgan fingerprint density at radius 2 is 2.00 bits per heavy atom. The summed E-state index contributed by atoms with van der Waals surface area (Å²) in [5.41, 5.74) is 2.12. The molecule has 0 aliphatic heterocycles. The van der Waals surface area contributed by atoms with Crippen LogP contribution in [0.5, 0.6) is 0 Å². The number of hydrogen-bond donors (Lipinski definition) is 3. The van der Waals surface area contributed by atoms with Crippen LogP contribution in [-0.2, 0) is 19.4 Å². The number of benzene rings is 1. The third-order valence-electron chi connectivity index (χ3n) is 3.63. The highest BCUT2D eigenvalue weighted by Gasteiger charge is 2.13. The highest BCUT2D eigenvalue weighted by Crippen LogP contribution is 2.15. The van der Waals surface area contributed by atoms with Crippen LogP contribution in [0, 0.1) is 0 Å². The topological polar surface area (TPSA) is 74.2 Å². The van der Waals surface area contributed by atoms with Gasteiger partial charge < -0.3 is 15.7 Å². The van der Waals surface area contributed by atoms with E-state index < -0.39 is 6.04 Å². The Labute approximate surface area is 140 Å². The largest absolute Gasteiger partial charge is 0.394 e. The maximum absolute atomic E-state index is 12.0. The molecule has 1 aromatic carbocycles. The Bertz CT molecular complexity index is 625. The van der Waals surface area contributed by atoms with Gasteiger partial charge in [-0.15, -0.1) is 11.3 Å². The van der Waals surface area contributed by atoms with Crippen molar-refractivity contribution in [1.29, 1.82) is 0 Å². The van der Waals surface area contributed by atoms with Gasteiger partial charge in [0.05, 0.1) is 19.2 Å². The standard InChI is InChI=1S/C17H23N3O2S/c1-3-12-5-7-13(8-6-12)15(11-21)20-17(22)19-10-16-18-9-14(4-2)23-16/h5-9,15,21H,3-4,10-11H2,1-2H3,(H2,19,20,22). The number of aryl methyl sites for hydroxylation is 2. The molecular weight excluding hydrogens is 310 g/mol. The first-order valence-electron chi connectivity index (χ1n) is 7.83. The number of amides is 2. The summed E-state index contributed by atoms with van der Waals surface area (Å²) in [6.07, 6.45) is 3.75. The fourth-order valence-electron chi connectivity index (χ4n) is 2.18. The van der Waals surface area contributed by atoms with Gasteiger partial charge >= 0.3 is 6.03 Å². The number of aliphatic hydroxyl groups is 1. The third kappa shape index (κ3) is 5.04. The lowest BCUT2D eigenvalue weighted by Gasteiger charge is -2.17. The number of urea groups is 1. The molecule has 124 valence electrons. The third-order valence-corrected chi connectivity index (χ3v) is 4.77. The molecule has 1 atom stereocenters. The van der Waals surface area contributed by atoms with Gasteiger partial charge in [0.2, 0.25) is 0 Å². The van der Waals surface area contributed by atoms with E-state index in [1.807, 2.05) is 30.5 Å². The van der Waals surface area contributed by atoms with Crippen molar-refractivity contribution in [2.24, 2.45) is 0 Å². The van der Waals surface area contributed by atoms with Crippen LogP contribution < -0.4 is 10.6 Å². The zero-order valence-electron chi connectivity index (χ0n) is 13.5. The number of nitrogens with zero attached hydrogens (tertiary/aromatic N) is 1. The molecule has 2 aromatic rings. The van der Waals surface area contributed by atoms with Crippen LogP contribution in [0.15, 0.2) is 30.5 Å². The molecule has 2 rings (SSSR count). The van der Waals surface area contributed by atoms with Crippen molar-refractivity contribution in [2.75, 3.05) is 6.61 Å². The van der Waals surface area contributed by atoms with E-state index in [4.69, 9.17) is 0 Å². The van der Waals surface area contributed by atoms with Gasteiger partial charge in [-0.2, -0.15) is 0 Å². The van der Waals surface area contributed by atoms with Crippen LogP contribution in [0.1, 0.15) is 40.9 Å². The minimum atomic E-state index is -0.414. The SMILES string of the molecule is CCc1ccc(C(CO)NC(=O)NCc2ncc(CC)s2)cc1. The minimum absolute atomic E-state index is 0.143. The molecule has 3 N–H and O–H groups in total. The molecule has 1 heterocycles. The Hall–Kier alpha value is -1.92. The summed E-state index contributed by atoms with van der Waals surface area (Å²) < 4.78 is 0. The first-order chi connectivity index (χ1) is 11.2. The maximum Gasteiger partial charge on any atom is 0.315 e. The molecular formula is C17H23N3O2S. The summed E-state index contributed by atoms with van der Waals surface area (Å²) in [5, 5.41) is 16.0. The summed E-state index contributed by atoms with van der Waals surface area (Å²) in [6.45, 7) is 4.42. The second-order valence-electron chi connectivity index (χ2n) is 5.23. The molecule has 0 spiro atoms. The molecule has 1 aromatic heterocycles. The number of rotatable bonds is 7. The summed E-state index contributed by atoms with van der Waals surface area (Å²) in [5.74, 6) is 0. The van der Waals surface area contributed by atoms with Crippen LogP contribution in [-0.4, -0.2) is 22.7 Å². The zero-order chi connectivity index (χ0) is 16.7. The number of carbonyl (C=O) groups is 1. The molecule has 0 saturated heterocycles. The summed E-state index contributed by atoms with van der Waals surface area (Å²) in [7, 11) is 0. The fraction of sp³-hybridized carbons (Fsp3) is 0.412. The monoisotopic (exact) mass is 333 g/mol. The van der Waals surface area contributed by atoms with Crippen LogP contribution >= 0.6 is 11.3 Å². The molecule has 0 fully saturated rings. The van der Waals surface area contributed by atoms with Crippen molar-refractivity contribution < 1.29 is 9.90 Å². The molecule has 1 unspecified atom stereocenters. The van der Waals surface area contributed by atoms with E-state index >= 15 is 0 Å². The second-order valence-corrected chi connectivity index (χ2v) is 6.43. The zero-order valence-corrected chi connectivity index (χ0v) is 14.3. The number of aromatic nitrogens is 1. The first kappa shape index (κ1) is 17.4. The summed E-state index contributed by atoms with van der Waals surface area (Å²) >= 11 is 1.60. The van der Waals surface area contributed by atoms with Crippen molar-refractivity contribution >= 4 is 17.4 Å². The van der Waals surface area contributed by atoms with E-state index in [0.717, 1.165) is 23.4 Å². The molecule has 5 nitrogen and oxygen atoms in total. The van der Waals surface area contributed by atoms with Crippen molar-refractivity contribution in [2.45, 2.75) is 39.3 Å². The number of nitrogens with one attached hydrogen (secondary N) is 2. The van der Waals surface area contributed by atoms with Crippen molar-refractivity contribution in [3.63, 3.8) is 0 Å². The molecule has 2 amide bonds. The van der Waals surface area contributed by atoms with Crippen LogP contribution in [0.25, 0.3) is 0 Å². The second kappa shape index (κ2) is 8.64. The number of carbonyl (C=O) groups excluding carboxylic acids is 1. The quantitative estimate of drug-likeness (QED) is 0.729. The summed E-state index contributed by atoms with van der Waals surface area (Å²) in [4.78, 5) is 17.5. The van der Waals surface area contributed by atoms with E-state index in [1.54, 1.807) is 11.3 Å². The Balaban J connectivity index is 1.88. The van der Waals surface area contributed by atoms with Gasteiger partial charge in [-0.25, -0.2) is 9.78 Å². The van der Waals surface area contributed by atoms with Gasteiger partial charge in [0.15, 0.2) is 0 Å². The predicted molar refractivity (Wildman–Crippen MR) is 92.5 cm³/mol. The van der Waals surface area contributed by atoms with Gasteiger partial charge in [0.1, 0.15) is 5.01 Å². The lowest BCUT2D eigenvalue weighted by Crippen LogP contribution is -2.38. The van der Waals surface area contributed by atoms with E-state index in [2.05, 4.69) is 29.5 Å². The molecule has 0 radical (unpaired) electrons. The lowest BCUT2D eigenvalue weighted by atomic mass is 10.0. The van der Waals surface area contributed by atoms with Gasteiger partial charge in [0, 0.05) is 11.1 Å². The average Bonchev–Trinajstić information content (AvgIpc) is 3.06. The molecule has 23 heavy (non-hydrogen) atoms. The maximum atomic E-state index is 12.0. The number of thiazole rings is 1. The van der Waals surface area contributed by atoms with E-state index in [0.29, 0.717) is 6.54 Å². The Morgan fingerprint density at radius 1 is 1.26 bits per heavy atom. The normalized spacial score (nSPS) is 12.0. The molecule has 0 aliphatic carbocycles. The number of hydrogen-bond acceptors (Lipinski definition) is 4. The molecule has 0 aliphatic rings. The Kier molecular flexibility index (Phi) is 6.55. The van der Waals surface area contributed by atoms with Crippen molar-refractivity contribution in [3.05, 3.63) is 51.5 Å². The molecule has 6 heteroatoms. The smallest absolute Gasteiger partial charge is 0.315 e. The lowest BCUT2D eigenvalue weighted by molar-refractivity contribution is 0.216. The first-order valence-corrected chi connectivity index (χ1v) is 8.65. The average molecular weight is 333 g/mol. The van der Waals surface area contributed by atoms with Crippen LogP contribution in [0.2, 0.25) is 0 Å².